The molecule has 1 fully saturated rings. The van der Waals surface area contributed by atoms with Gasteiger partial charge in [0, 0.05) is 6.54 Å². The maximum atomic E-state index is 11.4. The first-order chi connectivity index (χ1) is 8.60. The number of carbonyl (C=O) groups excluding carboxylic acids is 1. The van der Waals surface area contributed by atoms with Crippen LogP contribution in [0.5, 0.6) is 0 Å². The third-order valence-electron chi connectivity index (χ3n) is 3.27. The molecule has 1 saturated carbocycles. The number of anilines is 1. The van der Waals surface area contributed by atoms with Crippen molar-refractivity contribution >= 4 is 11.8 Å². The molecule has 98 valence electrons. The van der Waals surface area contributed by atoms with Crippen molar-refractivity contribution in [2.45, 2.75) is 25.9 Å². The standard InChI is InChI=1S/C13H18N2O3/c1-8-11(13(17)18-2)3-4-12(15-8)14-7-9-5-10(16)6-9/h3-4,9-10,16H,5-7H2,1-2H3,(H,14,15). The Morgan fingerprint density at radius 3 is 2.83 bits per heavy atom. The fourth-order valence-electron chi connectivity index (χ4n) is 2.10. The molecule has 2 rings (SSSR count). The summed E-state index contributed by atoms with van der Waals surface area (Å²) in [5.41, 5.74) is 1.14. The van der Waals surface area contributed by atoms with E-state index in [0.717, 1.165) is 25.2 Å². The summed E-state index contributed by atoms with van der Waals surface area (Å²) < 4.78 is 4.67. The molecule has 1 aliphatic carbocycles. The fraction of sp³-hybridized carbons (Fsp3) is 0.538. The third kappa shape index (κ3) is 2.79. The Balaban J connectivity index is 1.94. The van der Waals surface area contributed by atoms with Crippen LogP contribution in [0.15, 0.2) is 12.1 Å². The molecule has 0 atom stereocenters. The molecular weight excluding hydrogens is 232 g/mol. The summed E-state index contributed by atoms with van der Waals surface area (Å²) in [5.74, 6) is 0.901. The summed E-state index contributed by atoms with van der Waals surface area (Å²) >= 11 is 0. The lowest BCUT2D eigenvalue weighted by atomic mass is 9.82. The normalized spacial score (nSPS) is 22.2. The Morgan fingerprint density at radius 1 is 1.56 bits per heavy atom. The minimum absolute atomic E-state index is 0.131. The van der Waals surface area contributed by atoms with Gasteiger partial charge in [0.2, 0.25) is 0 Å². The van der Waals surface area contributed by atoms with Gasteiger partial charge in [-0.15, -0.1) is 0 Å². The van der Waals surface area contributed by atoms with Crippen LogP contribution in [-0.2, 0) is 4.74 Å². The summed E-state index contributed by atoms with van der Waals surface area (Å²) in [7, 11) is 1.36. The number of carbonyl (C=O) groups is 1. The second kappa shape index (κ2) is 5.35. The molecule has 1 aromatic rings. The molecular formula is C13H18N2O3. The topological polar surface area (TPSA) is 71.5 Å². The van der Waals surface area contributed by atoms with Gasteiger partial charge >= 0.3 is 5.97 Å². The number of aryl methyl sites for hydroxylation is 1. The maximum absolute atomic E-state index is 11.4. The average molecular weight is 250 g/mol. The Morgan fingerprint density at radius 2 is 2.28 bits per heavy atom. The zero-order chi connectivity index (χ0) is 13.1. The van der Waals surface area contributed by atoms with Crippen molar-refractivity contribution in [2.75, 3.05) is 19.0 Å². The second-order valence-corrected chi connectivity index (χ2v) is 4.69. The summed E-state index contributed by atoms with van der Waals surface area (Å²) in [6.07, 6.45) is 1.58. The molecule has 5 heteroatoms. The van der Waals surface area contributed by atoms with Gasteiger partial charge in [-0.25, -0.2) is 9.78 Å². The van der Waals surface area contributed by atoms with Crippen molar-refractivity contribution in [3.05, 3.63) is 23.4 Å². The van der Waals surface area contributed by atoms with Gasteiger partial charge in [0.1, 0.15) is 5.82 Å². The highest BCUT2D eigenvalue weighted by Crippen LogP contribution is 2.27. The van der Waals surface area contributed by atoms with Gasteiger partial charge in [0.25, 0.3) is 0 Å². The number of hydrogen-bond acceptors (Lipinski definition) is 5. The van der Waals surface area contributed by atoms with E-state index < -0.39 is 0 Å². The molecule has 2 N–H and O–H groups in total. The van der Waals surface area contributed by atoms with Crippen LogP contribution in [0.25, 0.3) is 0 Å². The van der Waals surface area contributed by atoms with Gasteiger partial charge in [-0.05, 0) is 37.8 Å². The number of aliphatic hydroxyl groups excluding tert-OH is 1. The van der Waals surface area contributed by atoms with Crippen molar-refractivity contribution in [1.82, 2.24) is 4.98 Å². The molecule has 5 nitrogen and oxygen atoms in total. The predicted octanol–water partition coefficient (Wildman–Crippen LogP) is 1.36. The highest BCUT2D eigenvalue weighted by molar-refractivity contribution is 5.90. The largest absolute Gasteiger partial charge is 0.465 e. The Bertz CT molecular complexity index is 442. The molecule has 0 bridgehead atoms. The van der Waals surface area contributed by atoms with E-state index in [1.54, 1.807) is 19.1 Å². The molecule has 1 heterocycles. The van der Waals surface area contributed by atoms with Gasteiger partial charge in [-0.2, -0.15) is 0 Å². The molecule has 0 amide bonds. The quantitative estimate of drug-likeness (QED) is 0.789. The number of rotatable bonds is 4. The van der Waals surface area contributed by atoms with E-state index in [4.69, 9.17) is 0 Å². The van der Waals surface area contributed by atoms with Crippen LogP contribution in [-0.4, -0.2) is 35.8 Å². The fourth-order valence-corrected chi connectivity index (χ4v) is 2.10. The van der Waals surface area contributed by atoms with E-state index in [1.165, 1.54) is 7.11 Å². The van der Waals surface area contributed by atoms with Crippen molar-refractivity contribution in [3.8, 4) is 0 Å². The smallest absolute Gasteiger partial charge is 0.339 e. The number of ether oxygens (including phenoxy) is 1. The monoisotopic (exact) mass is 250 g/mol. The molecule has 0 unspecified atom stereocenters. The molecule has 1 aromatic heterocycles. The van der Waals surface area contributed by atoms with Crippen LogP contribution in [0.1, 0.15) is 28.9 Å². The zero-order valence-electron chi connectivity index (χ0n) is 10.6. The lowest BCUT2D eigenvalue weighted by molar-refractivity contribution is 0.0486. The average Bonchev–Trinajstić information content (AvgIpc) is 2.32. The van der Waals surface area contributed by atoms with Gasteiger partial charge in [-0.3, -0.25) is 0 Å². The van der Waals surface area contributed by atoms with Crippen LogP contribution < -0.4 is 5.32 Å². The summed E-state index contributed by atoms with van der Waals surface area (Å²) in [6.45, 7) is 2.59. The van der Waals surface area contributed by atoms with E-state index >= 15 is 0 Å². The second-order valence-electron chi connectivity index (χ2n) is 4.69. The zero-order valence-corrected chi connectivity index (χ0v) is 10.6. The van der Waals surface area contributed by atoms with Gasteiger partial charge < -0.3 is 15.2 Å². The SMILES string of the molecule is COC(=O)c1ccc(NCC2CC(O)C2)nc1C. The highest BCUT2D eigenvalue weighted by Gasteiger charge is 2.26. The van der Waals surface area contributed by atoms with Gasteiger partial charge in [0.05, 0.1) is 24.5 Å². The molecule has 0 aliphatic heterocycles. The van der Waals surface area contributed by atoms with Crippen LogP contribution in [0.4, 0.5) is 5.82 Å². The summed E-state index contributed by atoms with van der Waals surface area (Å²) in [4.78, 5) is 15.7. The number of aromatic nitrogens is 1. The number of pyridine rings is 1. The van der Waals surface area contributed by atoms with Crippen LogP contribution >= 0.6 is 0 Å². The van der Waals surface area contributed by atoms with Crippen molar-refractivity contribution in [3.63, 3.8) is 0 Å². The number of nitrogens with zero attached hydrogens (tertiary/aromatic N) is 1. The Hall–Kier alpha value is -1.62. The minimum atomic E-state index is -0.367. The molecule has 18 heavy (non-hydrogen) atoms. The van der Waals surface area contributed by atoms with Gasteiger partial charge in [0.15, 0.2) is 0 Å². The third-order valence-corrected chi connectivity index (χ3v) is 3.27. The van der Waals surface area contributed by atoms with E-state index in [9.17, 15) is 9.90 Å². The van der Waals surface area contributed by atoms with Crippen LogP contribution in [0.3, 0.4) is 0 Å². The van der Waals surface area contributed by atoms with E-state index in [2.05, 4.69) is 15.0 Å². The molecule has 0 radical (unpaired) electrons. The molecule has 0 saturated heterocycles. The van der Waals surface area contributed by atoms with E-state index in [-0.39, 0.29) is 12.1 Å². The summed E-state index contributed by atoms with van der Waals surface area (Å²) in [6, 6.07) is 3.49. The van der Waals surface area contributed by atoms with Crippen molar-refractivity contribution in [1.29, 1.82) is 0 Å². The molecule has 0 spiro atoms. The number of hydrogen-bond donors (Lipinski definition) is 2. The van der Waals surface area contributed by atoms with Crippen LogP contribution in [0, 0.1) is 12.8 Å². The van der Waals surface area contributed by atoms with Gasteiger partial charge in [-0.1, -0.05) is 0 Å². The number of esters is 1. The summed E-state index contributed by atoms with van der Waals surface area (Å²) in [5, 5.41) is 12.4. The lowest BCUT2D eigenvalue weighted by Gasteiger charge is -2.31. The predicted molar refractivity (Wildman–Crippen MR) is 67.5 cm³/mol. The Labute approximate surface area is 106 Å². The first-order valence-corrected chi connectivity index (χ1v) is 6.08. The lowest BCUT2D eigenvalue weighted by Crippen LogP contribution is -2.33. The van der Waals surface area contributed by atoms with Crippen molar-refractivity contribution in [2.24, 2.45) is 5.92 Å². The highest BCUT2D eigenvalue weighted by atomic mass is 16.5. The Kier molecular flexibility index (Phi) is 3.81. The number of nitrogens with one attached hydrogen (secondary N) is 1. The first-order valence-electron chi connectivity index (χ1n) is 6.08. The van der Waals surface area contributed by atoms with Crippen LogP contribution in [0.2, 0.25) is 0 Å². The minimum Gasteiger partial charge on any atom is -0.465 e. The van der Waals surface area contributed by atoms with Crippen molar-refractivity contribution < 1.29 is 14.6 Å². The number of methoxy groups -OCH3 is 1. The first kappa shape index (κ1) is 12.8. The maximum Gasteiger partial charge on any atom is 0.339 e. The number of aliphatic hydroxyl groups is 1. The molecule has 1 aliphatic rings. The van der Waals surface area contributed by atoms with E-state index in [0.29, 0.717) is 17.2 Å². The molecule has 0 aromatic carbocycles. The van der Waals surface area contributed by atoms with E-state index in [1.807, 2.05) is 0 Å².